The Morgan fingerprint density at radius 1 is 1.43 bits per heavy atom. The van der Waals surface area contributed by atoms with E-state index in [-0.39, 0.29) is 18.8 Å². The summed E-state index contributed by atoms with van der Waals surface area (Å²) in [7, 11) is 0. The van der Waals surface area contributed by atoms with Crippen LogP contribution in [0.1, 0.15) is 35.1 Å². The SMILES string of the molecule is CCOC(=O)c1nc(CN)cc(C(F)F)c1OC(F)(F)F. The number of nitrogens with zero attached hydrogens (tertiary/aromatic N) is 1. The second-order valence-electron chi connectivity index (χ2n) is 3.65. The Hall–Kier alpha value is -1.97. The number of halogens is 5. The van der Waals surface area contributed by atoms with Gasteiger partial charge in [0.15, 0.2) is 11.4 Å². The molecule has 0 aliphatic rings. The number of aromatic nitrogens is 1. The van der Waals surface area contributed by atoms with Crippen LogP contribution in [0.2, 0.25) is 0 Å². The summed E-state index contributed by atoms with van der Waals surface area (Å²) in [5, 5.41) is 0. The zero-order chi connectivity index (χ0) is 16.2. The molecular weight excluding hydrogens is 303 g/mol. The molecule has 118 valence electrons. The zero-order valence-corrected chi connectivity index (χ0v) is 10.7. The number of esters is 1. The van der Waals surface area contributed by atoms with Gasteiger partial charge >= 0.3 is 12.3 Å². The molecule has 0 radical (unpaired) electrons. The van der Waals surface area contributed by atoms with E-state index in [1.807, 2.05) is 0 Å². The molecule has 0 aliphatic carbocycles. The Bertz CT molecular complexity index is 519. The molecule has 1 heterocycles. The van der Waals surface area contributed by atoms with Gasteiger partial charge in [-0.1, -0.05) is 0 Å². The first-order valence-electron chi connectivity index (χ1n) is 5.64. The molecule has 0 spiro atoms. The quantitative estimate of drug-likeness (QED) is 0.668. The Balaban J connectivity index is 3.48. The third kappa shape index (κ3) is 4.52. The van der Waals surface area contributed by atoms with Crippen LogP contribution in [0.4, 0.5) is 22.0 Å². The summed E-state index contributed by atoms with van der Waals surface area (Å²) in [6.45, 7) is 0.865. The normalized spacial score (nSPS) is 11.6. The second-order valence-corrected chi connectivity index (χ2v) is 3.65. The zero-order valence-electron chi connectivity index (χ0n) is 10.7. The van der Waals surface area contributed by atoms with Crippen molar-refractivity contribution in [2.45, 2.75) is 26.3 Å². The monoisotopic (exact) mass is 314 g/mol. The lowest BCUT2D eigenvalue weighted by Crippen LogP contribution is -2.22. The van der Waals surface area contributed by atoms with Crippen LogP contribution >= 0.6 is 0 Å². The van der Waals surface area contributed by atoms with E-state index in [9.17, 15) is 26.7 Å². The fourth-order valence-corrected chi connectivity index (χ4v) is 1.44. The lowest BCUT2D eigenvalue weighted by molar-refractivity contribution is -0.275. The maximum atomic E-state index is 12.9. The van der Waals surface area contributed by atoms with Gasteiger partial charge in [-0.15, -0.1) is 13.2 Å². The molecule has 0 atom stereocenters. The Morgan fingerprint density at radius 2 is 2.05 bits per heavy atom. The Labute approximate surface area is 115 Å². The van der Waals surface area contributed by atoms with Crippen LogP contribution in [0.3, 0.4) is 0 Å². The second kappa shape index (κ2) is 6.66. The number of alkyl halides is 5. The number of rotatable bonds is 5. The summed E-state index contributed by atoms with van der Waals surface area (Å²) in [5.74, 6) is -2.69. The number of carbonyl (C=O) groups is 1. The fourth-order valence-electron chi connectivity index (χ4n) is 1.44. The third-order valence-corrected chi connectivity index (χ3v) is 2.19. The average molecular weight is 314 g/mol. The molecule has 10 heteroatoms. The van der Waals surface area contributed by atoms with Gasteiger partial charge in [0.1, 0.15) is 0 Å². The van der Waals surface area contributed by atoms with Crippen molar-refractivity contribution in [2.75, 3.05) is 6.61 Å². The Kier molecular flexibility index (Phi) is 5.41. The number of hydrogen-bond donors (Lipinski definition) is 1. The van der Waals surface area contributed by atoms with Gasteiger partial charge in [-0.2, -0.15) is 0 Å². The molecule has 1 rings (SSSR count). The molecule has 0 saturated heterocycles. The molecule has 0 fully saturated rings. The van der Waals surface area contributed by atoms with Crippen LogP contribution in [0.25, 0.3) is 0 Å². The van der Waals surface area contributed by atoms with Crippen molar-refractivity contribution in [3.05, 3.63) is 23.0 Å². The number of hydrogen-bond acceptors (Lipinski definition) is 5. The smallest absolute Gasteiger partial charge is 0.461 e. The highest BCUT2D eigenvalue weighted by Crippen LogP contribution is 2.36. The summed E-state index contributed by atoms with van der Waals surface area (Å²) in [6, 6.07) is 0.647. The van der Waals surface area contributed by atoms with Crippen molar-refractivity contribution in [1.82, 2.24) is 4.98 Å². The summed E-state index contributed by atoms with van der Waals surface area (Å²) in [5.41, 5.74) is 2.90. The molecule has 0 bridgehead atoms. The molecular formula is C11H11F5N2O3. The predicted molar refractivity (Wildman–Crippen MR) is 59.7 cm³/mol. The van der Waals surface area contributed by atoms with Gasteiger partial charge in [-0.3, -0.25) is 0 Å². The maximum Gasteiger partial charge on any atom is 0.573 e. The van der Waals surface area contributed by atoms with Crippen LogP contribution in [-0.2, 0) is 11.3 Å². The number of nitrogens with two attached hydrogens (primary N) is 1. The molecule has 0 saturated carbocycles. The number of carbonyl (C=O) groups excluding carboxylic acids is 1. The number of ether oxygens (including phenoxy) is 2. The minimum absolute atomic E-state index is 0.178. The van der Waals surface area contributed by atoms with Crippen molar-refractivity contribution < 1.29 is 36.2 Å². The first-order valence-corrected chi connectivity index (χ1v) is 5.64. The predicted octanol–water partition coefficient (Wildman–Crippen LogP) is 2.55. The highest BCUT2D eigenvalue weighted by Gasteiger charge is 2.37. The van der Waals surface area contributed by atoms with E-state index in [0.29, 0.717) is 6.07 Å². The minimum Gasteiger partial charge on any atom is -0.461 e. The van der Waals surface area contributed by atoms with E-state index in [4.69, 9.17) is 5.73 Å². The molecule has 1 aromatic heterocycles. The maximum absolute atomic E-state index is 12.9. The van der Waals surface area contributed by atoms with E-state index in [0.717, 1.165) is 0 Å². The molecule has 1 aromatic rings. The van der Waals surface area contributed by atoms with Gasteiger partial charge < -0.3 is 15.2 Å². The van der Waals surface area contributed by atoms with Crippen molar-refractivity contribution in [3.63, 3.8) is 0 Å². The molecule has 21 heavy (non-hydrogen) atoms. The van der Waals surface area contributed by atoms with Gasteiger partial charge in [-0.25, -0.2) is 18.6 Å². The summed E-state index contributed by atoms with van der Waals surface area (Å²) < 4.78 is 70.7. The van der Waals surface area contributed by atoms with Crippen LogP contribution in [0.5, 0.6) is 5.75 Å². The lowest BCUT2D eigenvalue weighted by atomic mass is 10.1. The topological polar surface area (TPSA) is 74.4 Å². The van der Waals surface area contributed by atoms with Crippen molar-refractivity contribution in [2.24, 2.45) is 5.73 Å². The van der Waals surface area contributed by atoms with E-state index in [1.54, 1.807) is 0 Å². The molecule has 0 amide bonds. The highest BCUT2D eigenvalue weighted by molar-refractivity contribution is 5.91. The van der Waals surface area contributed by atoms with E-state index in [1.165, 1.54) is 6.92 Å². The van der Waals surface area contributed by atoms with Crippen molar-refractivity contribution in [3.8, 4) is 5.75 Å². The van der Waals surface area contributed by atoms with Crippen LogP contribution in [-0.4, -0.2) is 23.9 Å². The van der Waals surface area contributed by atoms with E-state index >= 15 is 0 Å². The van der Waals surface area contributed by atoms with Crippen molar-refractivity contribution in [1.29, 1.82) is 0 Å². The van der Waals surface area contributed by atoms with Crippen LogP contribution in [0.15, 0.2) is 6.07 Å². The largest absolute Gasteiger partial charge is 0.573 e. The first-order chi connectivity index (χ1) is 9.69. The van der Waals surface area contributed by atoms with Crippen molar-refractivity contribution >= 4 is 5.97 Å². The van der Waals surface area contributed by atoms with Gasteiger partial charge in [0.2, 0.25) is 0 Å². The van der Waals surface area contributed by atoms with Gasteiger partial charge in [0.05, 0.1) is 17.9 Å². The summed E-state index contributed by atoms with van der Waals surface area (Å²) in [4.78, 5) is 15.1. The molecule has 2 N–H and O–H groups in total. The van der Waals surface area contributed by atoms with Crippen LogP contribution < -0.4 is 10.5 Å². The highest BCUT2D eigenvalue weighted by atomic mass is 19.4. The molecule has 0 aromatic carbocycles. The molecule has 0 unspecified atom stereocenters. The molecule has 0 aliphatic heterocycles. The minimum atomic E-state index is -5.27. The molecule has 5 nitrogen and oxygen atoms in total. The Morgan fingerprint density at radius 3 is 2.48 bits per heavy atom. The first kappa shape index (κ1) is 17.1. The fraction of sp³-hybridized carbons (Fsp3) is 0.455. The van der Waals surface area contributed by atoms with Gasteiger partial charge in [0, 0.05) is 6.54 Å². The van der Waals surface area contributed by atoms with Gasteiger partial charge in [-0.05, 0) is 13.0 Å². The van der Waals surface area contributed by atoms with Crippen LogP contribution in [0, 0.1) is 0 Å². The summed E-state index contributed by atoms with van der Waals surface area (Å²) >= 11 is 0. The van der Waals surface area contributed by atoms with Gasteiger partial charge in [0.25, 0.3) is 6.43 Å². The standard InChI is InChI=1S/C11H11F5N2O3/c1-2-20-10(19)7-8(21-11(14,15)16)6(9(12)13)3-5(4-17)18-7/h3,9H,2,4,17H2,1H3. The third-order valence-electron chi connectivity index (χ3n) is 2.19. The van der Waals surface area contributed by atoms with E-state index in [2.05, 4.69) is 14.5 Å². The average Bonchev–Trinajstić information content (AvgIpc) is 2.36. The summed E-state index contributed by atoms with van der Waals surface area (Å²) in [6.07, 6.45) is -8.58. The number of pyridine rings is 1. The lowest BCUT2D eigenvalue weighted by Gasteiger charge is -2.16. The van der Waals surface area contributed by atoms with E-state index < -0.39 is 35.8 Å².